The van der Waals surface area contributed by atoms with Crippen LogP contribution in [0.1, 0.15) is 63.1 Å². The minimum Gasteiger partial charge on any atom is -0.342 e. The topological polar surface area (TPSA) is 68.0 Å². The number of hydrogen-bond donors (Lipinski definition) is 1. The maximum absolute atomic E-state index is 12.2. The Morgan fingerprint density at radius 2 is 2.15 bits per heavy atom. The molecule has 2 aliphatic rings. The van der Waals surface area contributed by atoms with Crippen molar-refractivity contribution in [2.75, 3.05) is 6.26 Å². The predicted molar refractivity (Wildman–Crippen MR) is 77.5 cm³/mol. The Hall–Kier alpha value is -1.04. The number of carbonyl (C=O) groups excluding carboxylic acids is 1. The minimum absolute atomic E-state index is 0.0534. The number of carbonyl (C=O) groups is 1. The van der Waals surface area contributed by atoms with Gasteiger partial charge in [-0.25, -0.2) is 0 Å². The van der Waals surface area contributed by atoms with Crippen molar-refractivity contribution in [3.63, 3.8) is 0 Å². The molecule has 0 aliphatic heterocycles. The molecule has 0 saturated heterocycles. The molecular formula is C14H21N3O2S. The number of amides is 1. The van der Waals surface area contributed by atoms with Crippen LogP contribution in [-0.4, -0.2) is 27.6 Å². The summed E-state index contributed by atoms with van der Waals surface area (Å²) in [6.45, 7) is 1.93. The van der Waals surface area contributed by atoms with Crippen LogP contribution in [0.25, 0.3) is 0 Å². The van der Waals surface area contributed by atoms with Crippen LogP contribution in [0.3, 0.4) is 0 Å². The van der Waals surface area contributed by atoms with Gasteiger partial charge >= 0.3 is 0 Å². The zero-order valence-corrected chi connectivity index (χ0v) is 12.8. The number of aromatic nitrogens is 2. The number of rotatable bonds is 5. The van der Waals surface area contributed by atoms with Crippen LogP contribution in [0.2, 0.25) is 0 Å². The molecule has 2 fully saturated rings. The molecule has 2 aliphatic carbocycles. The summed E-state index contributed by atoms with van der Waals surface area (Å²) in [5.74, 6) is 1.95. The molecule has 0 aromatic carbocycles. The molecule has 1 amide bonds. The van der Waals surface area contributed by atoms with Gasteiger partial charge in [0.2, 0.25) is 11.8 Å². The van der Waals surface area contributed by atoms with E-state index in [9.17, 15) is 4.79 Å². The zero-order valence-electron chi connectivity index (χ0n) is 12.0. The molecule has 6 heteroatoms. The molecule has 1 aromatic rings. The van der Waals surface area contributed by atoms with Gasteiger partial charge in [0.25, 0.3) is 0 Å². The van der Waals surface area contributed by atoms with Crippen molar-refractivity contribution in [1.29, 1.82) is 0 Å². The summed E-state index contributed by atoms with van der Waals surface area (Å²) < 4.78 is 5.38. The van der Waals surface area contributed by atoms with Crippen LogP contribution in [0, 0.1) is 0 Å². The molecule has 5 nitrogen and oxygen atoms in total. The minimum atomic E-state index is -0.405. The summed E-state index contributed by atoms with van der Waals surface area (Å²) in [5, 5.41) is 7.30. The average molecular weight is 295 g/mol. The molecule has 1 atom stereocenters. The molecule has 110 valence electrons. The van der Waals surface area contributed by atoms with Crippen molar-refractivity contribution in [2.45, 2.75) is 62.2 Å². The standard InChI is InChI=1S/C14H21N3O2S/c1-9(20-2)11(18)16-14(7-3-4-8-14)13-15-12(19-17-13)10-5-6-10/h9-10H,3-8H2,1-2H3,(H,16,18). The maximum Gasteiger partial charge on any atom is 0.233 e. The zero-order chi connectivity index (χ0) is 14.2. The summed E-state index contributed by atoms with van der Waals surface area (Å²) in [4.78, 5) is 16.8. The van der Waals surface area contributed by atoms with E-state index in [1.54, 1.807) is 11.8 Å². The highest BCUT2D eigenvalue weighted by Crippen LogP contribution is 2.42. The van der Waals surface area contributed by atoms with E-state index in [0.29, 0.717) is 11.7 Å². The second-order valence-electron chi connectivity index (χ2n) is 5.89. The van der Waals surface area contributed by atoms with Gasteiger partial charge < -0.3 is 9.84 Å². The lowest BCUT2D eigenvalue weighted by molar-refractivity contribution is -0.122. The molecule has 1 heterocycles. The largest absolute Gasteiger partial charge is 0.342 e. The van der Waals surface area contributed by atoms with Gasteiger partial charge in [-0.3, -0.25) is 4.79 Å². The van der Waals surface area contributed by atoms with Crippen LogP contribution < -0.4 is 5.32 Å². The first kappa shape index (κ1) is 13.9. The van der Waals surface area contributed by atoms with Crippen molar-refractivity contribution in [2.24, 2.45) is 0 Å². The lowest BCUT2D eigenvalue weighted by Gasteiger charge is -2.28. The quantitative estimate of drug-likeness (QED) is 0.904. The molecule has 1 N–H and O–H groups in total. The third-order valence-electron chi connectivity index (χ3n) is 4.34. The van der Waals surface area contributed by atoms with E-state index in [1.807, 2.05) is 13.2 Å². The van der Waals surface area contributed by atoms with E-state index in [1.165, 1.54) is 0 Å². The highest BCUT2D eigenvalue weighted by atomic mass is 32.2. The fourth-order valence-electron chi connectivity index (χ4n) is 2.75. The van der Waals surface area contributed by atoms with Crippen molar-refractivity contribution in [1.82, 2.24) is 15.5 Å². The van der Waals surface area contributed by atoms with Crippen LogP contribution in [-0.2, 0) is 10.3 Å². The molecule has 2 saturated carbocycles. The first-order valence-electron chi connectivity index (χ1n) is 7.33. The van der Waals surface area contributed by atoms with Gasteiger partial charge in [-0.1, -0.05) is 18.0 Å². The fraction of sp³-hybridized carbons (Fsp3) is 0.786. The van der Waals surface area contributed by atoms with E-state index >= 15 is 0 Å². The average Bonchev–Trinajstić information content (AvgIpc) is 3.00. The Morgan fingerprint density at radius 3 is 2.75 bits per heavy atom. The predicted octanol–water partition coefficient (Wildman–Crippen LogP) is 2.58. The molecule has 20 heavy (non-hydrogen) atoms. The van der Waals surface area contributed by atoms with Crippen LogP contribution in [0.15, 0.2) is 4.52 Å². The second-order valence-corrected chi connectivity index (χ2v) is 7.07. The first-order chi connectivity index (χ1) is 9.64. The van der Waals surface area contributed by atoms with Crippen LogP contribution in [0.5, 0.6) is 0 Å². The van der Waals surface area contributed by atoms with Gasteiger partial charge in [0, 0.05) is 5.92 Å². The Labute approximate surface area is 123 Å². The van der Waals surface area contributed by atoms with E-state index in [2.05, 4.69) is 15.5 Å². The maximum atomic E-state index is 12.2. The van der Waals surface area contributed by atoms with E-state index in [4.69, 9.17) is 4.52 Å². The first-order valence-corrected chi connectivity index (χ1v) is 8.62. The smallest absolute Gasteiger partial charge is 0.233 e. The fourth-order valence-corrected chi connectivity index (χ4v) is 3.03. The summed E-state index contributed by atoms with van der Waals surface area (Å²) >= 11 is 1.55. The Morgan fingerprint density at radius 1 is 1.45 bits per heavy atom. The lowest BCUT2D eigenvalue weighted by atomic mass is 9.96. The van der Waals surface area contributed by atoms with Crippen molar-refractivity contribution < 1.29 is 9.32 Å². The van der Waals surface area contributed by atoms with Crippen LogP contribution in [0.4, 0.5) is 0 Å². The molecule has 3 rings (SSSR count). The molecule has 0 bridgehead atoms. The van der Waals surface area contributed by atoms with Crippen molar-refractivity contribution >= 4 is 17.7 Å². The van der Waals surface area contributed by atoms with Gasteiger partial charge in [0.05, 0.1) is 5.25 Å². The highest BCUT2D eigenvalue weighted by Gasteiger charge is 2.43. The molecular weight excluding hydrogens is 274 g/mol. The Kier molecular flexibility index (Phi) is 3.75. The summed E-state index contributed by atoms with van der Waals surface area (Å²) in [6.07, 6.45) is 8.25. The van der Waals surface area contributed by atoms with Gasteiger partial charge in [-0.2, -0.15) is 16.7 Å². The van der Waals surface area contributed by atoms with Crippen molar-refractivity contribution in [3.8, 4) is 0 Å². The van der Waals surface area contributed by atoms with Gasteiger partial charge in [-0.15, -0.1) is 0 Å². The Balaban J connectivity index is 1.80. The number of nitrogens with one attached hydrogen (secondary N) is 1. The van der Waals surface area contributed by atoms with Crippen LogP contribution >= 0.6 is 11.8 Å². The number of hydrogen-bond acceptors (Lipinski definition) is 5. The SMILES string of the molecule is CSC(C)C(=O)NC1(c2noc(C3CC3)n2)CCCC1. The molecule has 1 aromatic heterocycles. The molecule has 0 radical (unpaired) electrons. The normalized spacial score (nSPS) is 22.7. The van der Waals surface area contributed by atoms with E-state index in [-0.39, 0.29) is 11.2 Å². The van der Waals surface area contributed by atoms with Gasteiger partial charge in [0.15, 0.2) is 5.82 Å². The Bertz CT molecular complexity index is 492. The molecule has 0 spiro atoms. The summed E-state index contributed by atoms with van der Waals surface area (Å²) in [7, 11) is 0. The van der Waals surface area contributed by atoms with E-state index in [0.717, 1.165) is 44.4 Å². The summed E-state index contributed by atoms with van der Waals surface area (Å²) in [6, 6.07) is 0. The van der Waals surface area contributed by atoms with Gasteiger partial charge in [0.1, 0.15) is 5.54 Å². The highest BCUT2D eigenvalue weighted by molar-refractivity contribution is 7.99. The second kappa shape index (κ2) is 5.39. The van der Waals surface area contributed by atoms with E-state index < -0.39 is 5.54 Å². The third-order valence-corrected chi connectivity index (χ3v) is 5.26. The summed E-state index contributed by atoms with van der Waals surface area (Å²) in [5.41, 5.74) is -0.405. The number of thioether (sulfide) groups is 1. The monoisotopic (exact) mass is 295 g/mol. The molecule has 1 unspecified atom stereocenters. The van der Waals surface area contributed by atoms with Crippen molar-refractivity contribution in [3.05, 3.63) is 11.7 Å². The lowest BCUT2D eigenvalue weighted by Crippen LogP contribution is -2.47. The number of nitrogens with zero attached hydrogens (tertiary/aromatic N) is 2. The van der Waals surface area contributed by atoms with Gasteiger partial charge in [-0.05, 0) is 38.9 Å². The third kappa shape index (κ3) is 2.57.